The van der Waals surface area contributed by atoms with E-state index in [-0.39, 0.29) is 38.3 Å². The highest BCUT2D eigenvalue weighted by Crippen LogP contribution is 2.29. The van der Waals surface area contributed by atoms with E-state index in [4.69, 9.17) is 17.2 Å². The molecule has 3 amide bonds. The molecule has 14 heteroatoms. The third kappa shape index (κ3) is 9.58. The number of nitrogens with zero attached hydrogens (tertiary/aromatic N) is 2. The van der Waals surface area contributed by atoms with Gasteiger partial charge in [0.15, 0.2) is 0 Å². The van der Waals surface area contributed by atoms with Gasteiger partial charge in [-0.25, -0.2) is 0 Å². The predicted molar refractivity (Wildman–Crippen MR) is 136 cm³/mol. The fourth-order valence-corrected chi connectivity index (χ4v) is 3.63. The number of aromatic nitrogens is 1. The molecule has 0 unspecified atom stereocenters. The number of hydrogen-bond donors (Lipinski definition) is 6. The van der Waals surface area contributed by atoms with Gasteiger partial charge in [0.1, 0.15) is 12.1 Å². The van der Waals surface area contributed by atoms with E-state index in [0.29, 0.717) is 11.8 Å². The Morgan fingerprint density at radius 3 is 2.23 bits per heavy atom. The Morgan fingerprint density at radius 1 is 1.05 bits per heavy atom. The minimum Gasteiger partial charge on any atom is -0.386 e. The quantitative estimate of drug-likeness (QED) is 0.195. The average molecular weight is 554 g/mol. The lowest BCUT2D eigenvalue weighted by atomic mass is 9.99. The summed E-state index contributed by atoms with van der Waals surface area (Å²) in [6.07, 6.45) is -4.77. The molecular weight excluding hydrogens is 519 g/mol. The topological polar surface area (TPSA) is 190 Å². The lowest BCUT2D eigenvalue weighted by Gasteiger charge is -2.26. The van der Waals surface area contributed by atoms with Crippen molar-refractivity contribution < 1.29 is 32.7 Å². The highest BCUT2D eigenvalue weighted by atomic mass is 19.4. The molecule has 0 saturated carbocycles. The van der Waals surface area contributed by atoms with Crippen molar-refractivity contribution in [3.8, 4) is 0 Å². The van der Waals surface area contributed by atoms with Gasteiger partial charge in [0.05, 0.1) is 18.0 Å². The van der Waals surface area contributed by atoms with E-state index in [1.54, 1.807) is 24.3 Å². The summed E-state index contributed by atoms with van der Waals surface area (Å²) in [4.78, 5) is 43.4. The Kier molecular flexibility index (Phi) is 11.8. The van der Waals surface area contributed by atoms with E-state index in [9.17, 15) is 32.7 Å². The van der Waals surface area contributed by atoms with Gasteiger partial charge < -0.3 is 37.8 Å². The number of aryl methyl sites for hydroxylation is 1. The van der Waals surface area contributed by atoms with Gasteiger partial charge in [0.2, 0.25) is 17.7 Å². The molecule has 11 nitrogen and oxygen atoms in total. The molecule has 1 aromatic carbocycles. The number of carbonyl (C=O) groups excluding carboxylic acids is 3. The maximum Gasteiger partial charge on any atom is 0.417 e. The summed E-state index contributed by atoms with van der Waals surface area (Å²) in [5, 5.41) is 15.7. The number of benzene rings is 1. The summed E-state index contributed by atoms with van der Waals surface area (Å²) in [7, 11) is 0. The average Bonchev–Trinajstić information content (AvgIpc) is 2.89. The van der Waals surface area contributed by atoms with E-state index in [0.717, 1.165) is 17.8 Å². The number of halogens is 3. The van der Waals surface area contributed by atoms with Crippen molar-refractivity contribution in [1.82, 2.24) is 20.5 Å². The summed E-state index contributed by atoms with van der Waals surface area (Å²) in [5.74, 6) is -2.25. The summed E-state index contributed by atoms with van der Waals surface area (Å²) < 4.78 is 39.0. The number of carbonyl (C=O) groups is 3. The molecule has 2 aromatic rings. The molecule has 0 aliphatic heterocycles. The van der Waals surface area contributed by atoms with Gasteiger partial charge in [-0.1, -0.05) is 29.8 Å². The van der Waals surface area contributed by atoms with Crippen LogP contribution >= 0.6 is 0 Å². The number of amides is 3. The summed E-state index contributed by atoms with van der Waals surface area (Å²) in [5.41, 5.74) is 17.2. The lowest BCUT2D eigenvalue weighted by molar-refractivity contribution is -0.138. The number of aliphatic hydroxyl groups is 1. The first-order valence-corrected chi connectivity index (χ1v) is 12.1. The number of nitrogens with two attached hydrogens (primary N) is 3. The maximum atomic E-state index is 13.1. The lowest BCUT2D eigenvalue weighted by Crippen LogP contribution is -2.55. The van der Waals surface area contributed by atoms with Crippen molar-refractivity contribution >= 4 is 17.7 Å². The molecule has 0 bridgehead atoms. The summed E-state index contributed by atoms with van der Waals surface area (Å²) in [6, 6.07) is 4.38. The van der Waals surface area contributed by atoms with Crippen LogP contribution in [-0.2, 0) is 27.1 Å². The van der Waals surface area contributed by atoms with Crippen LogP contribution in [0.2, 0.25) is 0 Å². The zero-order valence-electron chi connectivity index (χ0n) is 21.4. The molecule has 1 heterocycles. The summed E-state index contributed by atoms with van der Waals surface area (Å²) in [6.45, 7) is 2.25. The number of rotatable bonds is 13. The fourth-order valence-electron chi connectivity index (χ4n) is 3.63. The van der Waals surface area contributed by atoms with Gasteiger partial charge in [0.25, 0.3) is 0 Å². The molecule has 3 atom stereocenters. The molecule has 0 aliphatic carbocycles. The first-order chi connectivity index (χ1) is 18.4. The van der Waals surface area contributed by atoms with Crippen molar-refractivity contribution in [3.05, 3.63) is 65.0 Å². The molecule has 2 rings (SSSR count). The molecule has 39 heavy (non-hydrogen) atoms. The van der Waals surface area contributed by atoms with Crippen LogP contribution in [-0.4, -0.2) is 71.0 Å². The van der Waals surface area contributed by atoms with Gasteiger partial charge in [-0.3, -0.25) is 19.4 Å². The molecule has 9 N–H and O–H groups in total. The Labute approximate surface area is 223 Å². The van der Waals surface area contributed by atoms with Crippen molar-refractivity contribution in [2.45, 2.75) is 44.3 Å². The minimum atomic E-state index is -4.62. The van der Waals surface area contributed by atoms with Crippen molar-refractivity contribution in [2.24, 2.45) is 17.2 Å². The van der Waals surface area contributed by atoms with E-state index >= 15 is 0 Å². The second-order valence-electron chi connectivity index (χ2n) is 8.91. The van der Waals surface area contributed by atoms with Crippen molar-refractivity contribution in [2.75, 3.05) is 26.2 Å². The zero-order chi connectivity index (χ0) is 29.2. The molecule has 214 valence electrons. The van der Waals surface area contributed by atoms with Crippen LogP contribution < -0.4 is 27.8 Å². The number of hydrogen-bond acceptors (Lipinski definition) is 8. The van der Waals surface area contributed by atoms with Crippen LogP contribution in [0.15, 0.2) is 42.7 Å². The second kappa shape index (κ2) is 14.5. The predicted octanol–water partition coefficient (Wildman–Crippen LogP) is -0.293. The Bertz CT molecular complexity index is 1110. The Hall–Kier alpha value is -3.59. The van der Waals surface area contributed by atoms with Crippen LogP contribution in [0.4, 0.5) is 13.2 Å². The number of pyridine rings is 1. The zero-order valence-corrected chi connectivity index (χ0v) is 21.4. The van der Waals surface area contributed by atoms with E-state index in [1.165, 1.54) is 4.90 Å². The highest BCUT2D eigenvalue weighted by Gasteiger charge is 2.33. The van der Waals surface area contributed by atoms with Gasteiger partial charge in [-0.2, -0.15) is 13.2 Å². The van der Waals surface area contributed by atoms with Crippen molar-refractivity contribution in [1.29, 1.82) is 0 Å². The number of aliphatic hydroxyl groups excluding tert-OH is 1. The van der Waals surface area contributed by atoms with Crippen LogP contribution in [0.5, 0.6) is 0 Å². The SMILES string of the molecule is Cc1ccc([C@@H](O)[C@H](NC(=O)[C@@H](N)CC(=O)N(CCN)CCN)C(=O)NCc2cncc(C(F)(F)F)c2)cc1. The first-order valence-electron chi connectivity index (χ1n) is 12.1. The highest BCUT2D eigenvalue weighted by molar-refractivity contribution is 5.92. The standard InChI is InChI=1S/C25H34F3N7O4/c1-15-2-4-17(5-3-15)22(37)21(24(39)33-13-16-10-18(14-32-12-16)25(26,27)28)34-23(38)19(31)11-20(36)35(8-6-29)9-7-30/h2-5,10,12,14,19,21-22,37H,6-9,11,13,29-31H2,1H3,(H,33,39)(H,34,38)/t19-,21-,22+/m0/s1. The van der Waals surface area contributed by atoms with E-state index < -0.39 is 54.1 Å². The van der Waals surface area contributed by atoms with E-state index in [2.05, 4.69) is 15.6 Å². The second-order valence-corrected chi connectivity index (χ2v) is 8.91. The van der Waals surface area contributed by atoms with Gasteiger partial charge >= 0.3 is 6.18 Å². The fraction of sp³-hybridized carbons (Fsp3) is 0.440. The minimum absolute atomic E-state index is 0.0512. The molecular formula is C25H34F3N7O4. The Balaban J connectivity index is 2.19. The molecule has 0 aliphatic rings. The van der Waals surface area contributed by atoms with Crippen molar-refractivity contribution in [3.63, 3.8) is 0 Å². The van der Waals surface area contributed by atoms with Crippen LogP contribution in [0, 0.1) is 6.92 Å². The third-order valence-corrected chi connectivity index (χ3v) is 5.79. The first kappa shape index (κ1) is 31.6. The monoisotopic (exact) mass is 553 g/mol. The van der Waals surface area contributed by atoms with Crippen LogP contribution in [0.1, 0.15) is 34.8 Å². The summed E-state index contributed by atoms with van der Waals surface area (Å²) >= 11 is 0. The third-order valence-electron chi connectivity index (χ3n) is 5.79. The normalized spacial score (nSPS) is 13.7. The largest absolute Gasteiger partial charge is 0.417 e. The van der Waals surface area contributed by atoms with Crippen LogP contribution in [0.25, 0.3) is 0 Å². The van der Waals surface area contributed by atoms with Gasteiger partial charge in [-0.05, 0) is 24.1 Å². The Morgan fingerprint density at radius 2 is 1.67 bits per heavy atom. The van der Waals surface area contributed by atoms with Gasteiger partial charge in [-0.15, -0.1) is 0 Å². The molecule has 0 fully saturated rings. The maximum absolute atomic E-state index is 13.1. The molecule has 0 saturated heterocycles. The molecule has 0 radical (unpaired) electrons. The van der Waals surface area contributed by atoms with Gasteiger partial charge in [0, 0.05) is 45.1 Å². The smallest absolute Gasteiger partial charge is 0.386 e. The number of alkyl halides is 3. The van der Waals surface area contributed by atoms with Crippen LogP contribution in [0.3, 0.4) is 0 Å². The molecule has 0 spiro atoms. The number of nitrogens with one attached hydrogen (secondary N) is 2. The molecule has 1 aromatic heterocycles. The van der Waals surface area contributed by atoms with E-state index in [1.807, 2.05) is 6.92 Å².